The van der Waals surface area contributed by atoms with Crippen LogP contribution in [0.15, 0.2) is 6.07 Å². The molecule has 1 heterocycles. The van der Waals surface area contributed by atoms with Gasteiger partial charge >= 0.3 is 0 Å². The molecule has 5 heteroatoms. The van der Waals surface area contributed by atoms with Gasteiger partial charge < -0.3 is 15.2 Å². The highest BCUT2D eigenvalue weighted by molar-refractivity contribution is 5.21. The van der Waals surface area contributed by atoms with Crippen LogP contribution in [0.4, 0.5) is 0 Å². The second-order valence-electron chi connectivity index (χ2n) is 4.69. The third-order valence-corrected chi connectivity index (χ3v) is 3.04. The maximum Gasteiger partial charge on any atom is 0.220 e. The molecule has 1 aliphatic rings. The van der Waals surface area contributed by atoms with Gasteiger partial charge in [0.25, 0.3) is 0 Å². The summed E-state index contributed by atoms with van der Waals surface area (Å²) in [6.07, 6.45) is 4.31. The maximum absolute atomic E-state index is 5.95. The van der Waals surface area contributed by atoms with E-state index in [-0.39, 0.29) is 12.1 Å². The fourth-order valence-corrected chi connectivity index (χ4v) is 2.26. The Morgan fingerprint density at radius 3 is 2.83 bits per heavy atom. The Bertz CT molecular complexity index is 398. The van der Waals surface area contributed by atoms with Gasteiger partial charge in [0.2, 0.25) is 11.8 Å². The topological polar surface area (TPSA) is 70.3 Å². The molecule has 1 saturated carbocycles. The Hall–Kier alpha value is -1.36. The molecular formula is C13H21N3O2. The minimum absolute atomic E-state index is 0.164. The van der Waals surface area contributed by atoms with Crippen molar-refractivity contribution in [1.82, 2.24) is 9.97 Å². The highest BCUT2D eigenvalue weighted by Gasteiger charge is 2.21. The second kappa shape index (κ2) is 6.00. The number of nitrogens with two attached hydrogens (primary N) is 1. The molecular weight excluding hydrogens is 230 g/mol. The van der Waals surface area contributed by atoms with Crippen LogP contribution in [-0.4, -0.2) is 28.7 Å². The van der Waals surface area contributed by atoms with E-state index >= 15 is 0 Å². The van der Waals surface area contributed by atoms with Crippen molar-refractivity contribution in [2.24, 2.45) is 5.73 Å². The van der Waals surface area contributed by atoms with E-state index in [1.165, 1.54) is 0 Å². The van der Waals surface area contributed by atoms with E-state index in [4.69, 9.17) is 15.2 Å². The van der Waals surface area contributed by atoms with Gasteiger partial charge in [-0.3, -0.25) is 0 Å². The van der Waals surface area contributed by atoms with E-state index in [1.807, 2.05) is 13.8 Å². The first-order valence-electron chi connectivity index (χ1n) is 6.58. The van der Waals surface area contributed by atoms with E-state index in [2.05, 4.69) is 9.97 Å². The molecule has 0 aliphatic heterocycles. The van der Waals surface area contributed by atoms with Crippen molar-refractivity contribution in [3.8, 4) is 11.8 Å². The molecule has 2 unspecified atom stereocenters. The third-order valence-electron chi connectivity index (χ3n) is 3.04. The van der Waals surface area contributed by atoms with Crippen molar-refractivity contribution < 1.29 is 9.47 Å². The second-order valence-corrected chi connectivity index (χ2v) is 4.69. The van der Waals surface area contributed by atoms with E-state index in [0.717, 1.165) is 25.7 Å². The smallest absolute Gasteiger partial charge is 0.220 e. The van der Waals surface area contributed by atoms with E-state index in [9.17, 15) is 0 Å². The van der Waals surface area contributed by atoms with Crippen LogP contribution in [0, 0.1) is 6.92 Å². The molecule has 1 aromatic heterocycles. The van der Waals surface area contributed by atoms with Crippen molar-refractivity contribution in [3.63, 3.8) is 0 Å². The van der Waals surface area contributed by atoms with Crippen LogP contribution >= 0.6 is 0 Å². The van der Waals surface area contributed by atoms with Crippen LogP contribution in [0.2, 0.25) is 0 Å². The molecule has 0 saturated heterocycles. The summed E-state index contributed by atoms with van der Waals surface area (Å²) in [7, 11) is 0. The van der Waals surface area contributed by atoms with Crippen LogP contribution in [0.3, 0.4) is 0 Å². The molecule has 0 bridgehead atoms. The lowest BCUT2D eigenvalue weighted by molar-refractivity contribution is 0.137. The Morgan fingerprint density at radius 1 is 1.33 bits per heavy atom. The Kier molecular flexibility index (Phi) is 4.36. The summed E-state index contributed by atoms with van der Waals surface area (Å²) in [4.78, 5) is 8.47. The maximum atomic E-state index is 5.95. The van der Waals surface area contributed by atoms with Gasteiger partial charge in [0, 0.05) is 6.04 Å². The van der Waals surface area contributed by atoms with Gasteiger partial charge in [-0.25, -0.2) is 0 Å². The highest BCUT2D eigenvalue weighted by atomic mass is 16.5. The fraction of sp³-hybridized carbons (Fsp3) is 0.692. The lowest BCUT2D eigenvalue weighted by Crippen LogP contribution is -2.33. The molecule has 18 heavy (non-hydrogen) atoms. The summed E-state index contributed by atoms with van der Waals surface area (Å²) in [6, 6.07) is 1.99. The van der Waals surface area contributed by atoms with E-state index in [0.29, 0.717) is 24.2 Å². The first kappa shape index (κ1) is 13.1. The molecule has 0 amide bonds. The van der Waals surface area contributed by atoms with Gasteiger partial charge in [-0.1, -0.05) is 0 Å². The van der Waals surface area contributed by atoms with Crippen LogP contribution < -0.4 is 15.2 Å². The molecule has 0 spiro atoms. The first-order chi connectivity index (χ1) is 8.67. The highest BCUT2D eigenvalue weighted by Crippen LogP contribution is 2.23. The lowest BCUT2D eigenvalue weighted by atomic mass is 9.94. The summed E-state index contributed by atoms with van der Waals surface area (Å²) < 4.78 is 11.3. The predicted octanol–water partition coefficient (Wildman–Crippen LogP) is 1.83. The number of aryl methyl sites for hydroxylation is 1. The molecule has 1 aromatic rings. The Labute approximate surface area is 108 Å². The van der Waals surface area contributed by atoms with Crippen LogP contribution in [-0.2, 0) is 0 Å². The zero-order chi connectivity index (χ0) is 13.0. The standard InChI is InChI=1S/C13H21N3O2/c1-3-17-12-8-13(16-9(2)15-12)18-11-6-4-5-10(14)7-11/h8,10-11H,3-7,14H2,1-2H3. The number of aromatic nitrogens is 2. The molecule has 5 nitrogen and oxygen atoms in total. The van der Waals surface area contributed by atoms with E-state index in [1.54, 1.807) is 6.07 Å². The van der Waals surface area contributed by atoms with Crippen molar-refractivity contribution in [2.75, 3.05) is 6.61 Å². The lowest BCUT2D eigenvalue weighted by Gasteiger charge is -2.26. The summed E-state index contributed by atoms with van der Waals surface area (Å²) in [6.45, 7) is 4.35. The predicted molar refractivity (Wildman–Crippen MR) is 68.8 cm³/mol. The molecule has 100 valence electrons. The largest absolute Gasteiger partial charge is 0.478 e. The minimum Gasteiger partial charge on any atom is -0.478 e. The van der Waals surface area contributed by atoms with Crippen molar-refractivity contribution >= 4 is 0 Å². The van der Waals surface area contributed by atoms with Crippen molar-refractivity contribution in [3.05, 3.63) is 11.9 Å². The van der Waals surface area contributed by atoms with Crippen LogP contribution in [0.1, 0.15) is 38.4 Å². The number of nitrogens with zero attached hydrogens (tertiary/aromatic N) is 2. The summed E-state index contributed by atoms with van der Waals surface area (Å²) in [5.41, 5.74) is 5.95. The van der Waals surface area contributed by atoms with Crippen molar-refractivity contribution in [1.29, 1.82) is 0 Å². The SMILES string of the molecule is CCOc1cc(OC2CCCC(N)C2)nc(C)n1. The number of rotatable bonds is 4. The third kappa shape index (κ3) is 3.57. The summed E-state index contributed by atoms with van der Waals surface area (Å²) >= 11 is 0. The van der Waals surface area contributed by atoms with Crippen LogP contribution in [0.25, 0.3) is 0 Å². The van der Waals surface area contributed by atoms with Crippen molar-refractivity contribution in [2.45, 2.75) is 51.7 Å². The van der Waals surface area contributed by atoms with Gasteiger partial charge in [0.15, 0.2) is 0 Å². The molecule has 2 atom stereocenters. The average molecular weight is 251 g/mol. The Balaban J connectivity index is 2.03. The molecule has 2 N–H and O–H groups in total. The zero-order valence-electron chi connectivity index (χ0n) is 11.1. The fourth-order valence-electron chi connectivity index (χ4n) is 2.26. The van der Waals surface area contributed by atoms with Gasteiger partial charge in [0.1, 0.15) is 11.9 Å². The number of hydrogen-bond acceptors (Lipinski definition) is 5. The summed E-state index contributed by atoms with van der Waals surface area (Å²) in [5, 5.41) is 0. The Morgan fingerprint density at radius 2 is 2.11 bits per heavy atom. The molecule has 2 rings (SSSR count). The zero-order valence-corrected chi connectivity index (χ0v) is 11.1. The normalized spacial score (nSPS) is 23.7. The molecule has 0 radical (unpaired) electrons. The summed E-state index contributed by atoms with van der Waals surface area (Å²) in [5.74, 6) is 1.82. The quantitative estimate of drug-likeness (QED) is 0.884. The van der Waals surface area contributed by atoms with Gasteiger partial charge in [-0.2, -0.15) is 9.97 Å². The van der Waals surface area contributed by atoms with Crippen LogP contribution in [0.5, 0.6) is 11.8 Å². The molecule has 1 fully saturated rings. The molecule has 1 aliphatic carbocycles. The monoisotopic (exact) mass is 251 g/mol. The molecule has 0 aromatic carbocycles. The van der Waals surface area contributed by atoms with Gasteiger partial charge in [0.05, 0.1) is 12.7 Å². The number of ether oxygens (including phenoxy) is 2. The van der Waals surface area contributed by atoms with Gasteiger partial charge in [-0.15, -0.1) is 0 Å². The number of hydrogen-bond donors (Lipinski definition) is 1. The first-order valence-corrected chi connectivity index (χ1v) is 6.58. The van der Waals surface area contributed by atoms with E-state index < -0.39 is 0 Å². The average Bonchev–Trinajstić information content (AvgIpc) is 2.28. The minimum atomic E-state index is 0.164. The van der Waals surface area contributed by atoms with Gasteiger partial charge in [-0.05, 0) is 39.5 Å².